The summed E-state index contributed by atoms with van der Waals surface area (Å²) in [7, 11) is 1.63. The monoisotopic (exact) mass is 327 g/mol. The number of rotatable bonds is 8. The van der Waals surface area contributed by atoms with Crippen molar-refractivity contribution >= 4 is 5.91 Å². The lowest BCUT2D eigenvalue weighted by molar-refractivity contribution is -0.121. The first-order chi connectivity index (χ1) is 11.6. The fraction of sp³-hybridized carbons (Fsp3) is 0.350. The second-order valence-electron chi connectivity index (χ2n) is 5.98. The molecule has 2 unspecified atom stereocenters. The largest absolute Gasteiger partial charge is 0.497 e. The van der Waals surface area contributed by atoms with Crippen molar-refractivity contribution in [1.82, 2.24) is 5.32 Å². The quantitative estimate of drug-likeness (QED) is 0.782. The summed E-state index contributed by atoms with van der Waals surface area (Å²) in [4.78, 5) is 12.1. The number of hydrogen-bond acceptors (Lipinski definition) is 3. The molecule has 0 bridgehead atoms. The van der Waals surface area contributed by atoms with E-state index in [-0.39, 0.29) is 11.9 Å². The normalized spacial score (nSPS) is 13.1. The Morgan fingerprint density at radius 1 is 1.17 bits per heavy atom. The molecule has 2 rings (SSSR count). The van der Waals surface area contributed by atoms with Crippen molar-refractivity contribution in [2.45, 2.75) is 38.3 Å². The molecule has 0 aliphatic heterocycles. The van der Waals surface area contributed by atoms with Crippen LogP contribution in [0.2, 0.25) is 0 Å². The van der Waals surface area contributed by atoms with Gasteiger partial charge in [0.1, 0.15) is 5.75 Å². The number of hydrogen-bond donors (Lipinski definition) is 2. The van der Waals surface area contributed by atoms with Crippen LogP contribution in [0.25, 0.3) is 0 Å². The maximum Gasteiger partial charge on any atom is 0.220 e. The Labute approximate surface area is 143 Å². The molecular weight excluding hydrogens is 302 g/mol. The van der Waals surface area contributed by atoms with E-state index in [2.05, 4.69) is 5.32 Å². The van der Waals surface area contributed by atoms with E-state index in [0.29, 0.717) is 19.3 Å². The highest BCUT2D eigenvalue weighted by molar-refractivity contribution is 5.76. The minimum Gasteiger partial charge on any atom is -0.497 e. The number of carbonyl (C=O) groups is 1. The predicted molar refractivity (Wildman–Crippen MR) is 94.9 cm³/mol. The number of methoxy groups -OCH3 is 1. The first kappa shape index (κ1) is 18.0. The van der Waals surface area contributed by atoms with E-state index in [4.69, 9.17) is 4.74 Å². The molecule has 0 saturated carbocycles. The number of aliphatic hydroxyl groups is 1. The van der Waals surface area contributed by atoms with Crippen LogP contribution in [0.1, 0.15) is 37.0 Å². The van der Waals surface area contributed by atoms with Crippen molar-refractivity contribution < 1.29 is 14.6 Å². The molecule has 0 aromatic heterocycles. The zero-order valence-electron chi connectivity index (χ0n) is 14.2. The Kier molecular flexibility index (Phi) is 6.82. The van der Waals surface area contributed by atoms with E-state index < -0.39 is 6.10 Å². The summed E-state index contributed by atoms with van der Waals surface area (Å²) in [5.41, 5.74) is 1.94. The minimum atomic E-state index is -0.570. The lowest BCUT2D eigenvalue weighted by Gasteiger charge is -2.18. The van der Waals surface area contributed by atoms with Gasteiger partial charge in [0.05, 0.1) is 13.2 Å². The molecule has 24 heavy (non-hydrogen) atoms. The van der Waals surface area contributed by atoms with E-state index in [0.717, 1.165) is 16.9 Å². The molecule has 0 radical (unpaired) electrons. The van der Waals surface area contributed by atoms with Crippen molar-refractivity contribution in [3.05, 3.63) is 65.7 Å². The molecule has 0 heterocycles. The van der Waals surface area contributed by atoms with Gasteiger partial charge in [-0.25, -0.2) is 0 Å². The van der Waals surface area contributed by atoms with Gasteiger partial charge in [-0.05, 0) is 43.0 Å². The molecule has 4 nitrogen and oxygen atoms in total. The van der Waals surface area contributed by atoms with Crippen molar-refractivity contribution in [2.75, 3.05) is 7.11 Å². The summed E-state index contributed by atoms with van der Waals surface area (Å²) in [6, 6.07) is 17.1. The second kappa shape index (κ2) is 9.08. The van der Waals surface area contributed by atoms with E-state index in [9.17, 15) is 9.90 Å². The third-order valence-corrected chi connectivity index (χ3v) is 3.94. The Bertz CT molecular complexity index is 642. The highest BCUT2D eigenvalue weighted by Crippen LogP contribution is 2.18. The highest BCUT2D eigenvalue weighted by Gasteiger charge is 2.14. The molecule has 1 amide bonds. The molecular formula is C20H25NO3. The zero-order valence-corrected chi connectivity index (χ0v) is 14.2. The van der Waals surface area contributed by atoms with Crippen LogP contribution in [-0.2, 0) is 11.2 Å². The number of benzene rings is 2. The summed E-state index contributed by atoms with van der Waals surface area (Å²) in [6.45, 7) is 1.91. The first-order valence-corrected chi connectivity index (χ1v) is 8.24. The van der Waals surface area contributed by atoms with Crippen LogP contribution in [0.4, 0.5) is 0 Å². The van der Waals surface area contributed by atoms with Gasteiger partial charge < -0.3 is 15.2 Å². The van der Waals surface area contributed by atoms with Crippen molar-refractivity contribution in [1.29, 1.82) is 0 Å². The Morgan fingerprint density at radius 2 is 1.92 bits per heavy atom. The molecule has 128 valence electrons. The molecule has 0 saturated heterocycles. The first-order valence-electron chi connectivity index (χ1n) is 8.24. The molecule has 0 spiro atoms. The van der Waals surface area contributed by atoms with Gasteiger partial charge in [0, 0.05) is 12.5 Å². The van der Waals surface area contributed by atoms with Gasteiger partial charge in [0.25, 0.3) is 0 Å². The minimum absolute atomic E-state index is 0.00872. The van der Waals surface area contributed by atoms with Crippen molar-refractivity contribution in [2.24, 2.45) is 0 Å². The third kappa shape index (κ3) is 5.70. The predicted octanol–water partition coefficient (Wildman–Crippen LogP) is 3.26. The molecule has 2 N–H and O–H groups in total. The van der Waals surface area contributed by atoms with Gasteiger partial charge >= 0.3 is 0 Å². The van der Waals surface area contributed by atoms with Crippen LogP contribution in [0, 0.1) is 0 Å². The van der Waals surface area contributed by atoms with Crippen LogP contribution in [0.3, 0.4) is 0 Å². The van der Waals surface area contributed by atoms with Crippen LogP contribution in [-0.4, -0.2) is 24.2 Å². The number of ether oxygens (including phenoxy) is 1. The van der Waals surface area contributed by atoms with Gasteiger partial charge in [-0.2, -0.15) is 0 Å². The van der Waals surface area contributed by atoms with Crippen LogP contribution in [0.15, 0.2) is 54.6 Å². The van der Waals surface area contributed by atoms with Gasteiger partial charge in [0.2, 0.25) is 5.91 Å². The maximum absolute atomic E-state index is 12.1. The molecule has 0 aliphatic rings. The van der Waals surface area contributed by atoms with Gasteiger partial charge in [-0.1, -0.05) is 42.5 Å². The zero-order chi connectivity index (χ0) is 17.4. The second-order valence-corrected chi connectivity index (χ2v) is 5.98. The lowest BCUT2D eigenvalue weighted by Crippen LogP contribution is -2.33. The van der Waals surface area contributed by atoms with E-state index >= 15 is 0 Å². The Balaban J connectivity index is 1.77. The van der Waals surface area contributed by atoms with Crippen molar-refractivity contribution in [3.8, 4) is 5.75 Å². The van der Waals surface area contributed by atoms with E-state index in [1.807, 2.05) is 61.5 Å². The fourth-order valence-electron chi connectivity index (χ4n) is 2.64. The SMILES string of the molecule is COc1cccc(CCC(=O)NC(C)CC(O)c2ccccc2)c1. The lowest BCUT2D eigenvalue weighted by atomic mass is 10.0. The van der Waals surface area contributed by atoms with Gasteiger partial charge in [-0.15, -0.1) is 0 Å². The number of amides is 1. The summed E-state index contributed by atoms with van der Waals surface area (Å²) in [6.07, 6.45) is 1.00. The number of aryl methyl sites for hydroxylation is 1. The van der Waals surface area contributed by atoms with Crippen LogP contribution >= 0.6 is 0 Å². The average Bonchev–Trinajstić information content (AvgIpc) is 2.60. The summed E-state index contributed by atoms with van der Waals surface area (Å²) < 4.78 is 5.18. The molecule has 2 atom stereocenters. The fourth-order valence-corrected chi connectivity index (χ4v) is 2.64. The molecule has 0 aliphatic carbocycles. The standard InChI is InChI=1S/C20H25NO3/c1-15(13-19(22)17-8-4-3-5-9-17)21-20(23)12-11-16-7-6-10-18(14-16)24-2/h3-10,14-15,19,22H,11-13H2,1-2H3,(H,21,23). The van der Waals surface area contributed by atoms with Crippen molar-refractivity contribution in [3.63, 3.8) is 0 Å². The average molecular weight is 327 g/mol. The summed E-state index contributed by atoms with van der Waals surface area (Å²) in [5.74, 6) is 0.790. The summed E-state index contributed by atoms with van der Waals surface area (Å²) >= 11 is 0. The van der Waals surface area contributed by atoms with E-state index in [1.165, 1.54) is 0 Å². The smallest absolute Gasteiger partial charge is 0.220 e. The van der Waals surface area contributed by atoms with Crippen LogP contribution < -0.4 is 10.1 Å². The molecule has 2 aromatic rings. The van der Waals surface area contributed by atoms with Crippen LogP contribution in [0.5, 0.6) is 5.75 Å². The highest BCUT2D eigenvalue weighted by atomic mass is 16.5. The van der Waals surface area contributed by atoms with E-state index in [1.54, 1.807) is 7.11 Å². The number of carbonyl (C=O) groups excluding carboxylic acids is 1. The number of nitrogens with one attached hydrogen (secondary N) is 1. The molecule has 4 heteroatoms. The number of aliphatic hydroxyl groups excluding tert-OH is 1. The Morgan fingerprint density at radius 3 is 2.62 bits per heavy atom. The molecule has 2 aromatic carbocycles. The van der Waals surface area contributed by atoms with Gasteiger partial charge in [-0.3, -0.25) is 4.79 Å². The topological polar surface area (TPSA) is 58.6 Å². The van der Waals surface area contributed by atoms with Gasteiger partial charge in [0.15, 0.2) is 0 Å². The summed E-state index contributed by atoms with van der Waals surface area (Å²) in [5, 5.41) is 13.2. The maximum atomic E-state index is 12.1. The molecule has 0 fully saturated rings. The third-order valence-electron chi connectivity index (χ3n) is 3.94. The Hall–Kier alpha value is -2.33.